The molecular formula is C23H25ClF3N7O2. The number of hydrogen-bond donors (Lipinski definition) is 3. The van der Waals surface area contributed by atoms with Gasteiger partial charge in [-0.3, -0.25) is 9.67 Å². The van der Waals surface area contributed by atoms with Crippen molar-refractivity contribution in [3.8, 4) is 11.4 Å². The molecule has 13 heteroatoms. The molecule has 0 amide bonds. The van der Waals surface area contributed by atoms with Crippen LogP contribution in [0.1, 0.15) is 18.4 Å². The Morgan fingerprint density at radius 1 is 1.03 bits per heavy atom. The minimum atomic E-state index is -4.77. The van der Waals surface area contributed by atoms with E-state index in [1.54, 1.807) is 24.9 Å². The summed E-state index contributed by atoms with van der Waals surface area (Å²) in [5.74, 6) is -0.406. The Labute approximate surface area is 209 Å². The summed E-state index contributed by atoms with van der Waals surface area (Å²) >= 11 is 5.87. The van der Waals surface area contributed by atoms with Gasteiger partial charge in [-0.25, -0.2) is 0 Å². The van der Waals surface area contributed by atoms with Crippen LogP contribution < -0.4 is 15.4 Å². The molecule has 0 unspecified atom stereocenters. The number of alkyl halides is 3. The number of nitrogens with one attached hydrogen (secondary N) is 3. The molecule has 192 valence electrons. The third kappa shape index (κ3) is 7.33. The highest BCUT2D eigenvalue weighted by molar-refractivity contribution is 6.32. The molecule has 0 aliphatic heterocycles. The minimum absolute atomic E-state index is 0.0763. The molecule has 2 aromatic carbocycles. The van der Waals surface area contributed by atoms with E-state index in [1.165, 1.54) is 12.1 Å². The fourth-order valence-electron chi connectivity index (χ4n) is 3.57. The number of ether oxygens (including phenoxy) is 2. The van der Waals surface area contributed by atoms with Crippen LogP contribution in [0.25, 0.3) is 16.6 Å². The van der Waals surface area contributed by atoms with Gasteiger partial charge in [-0.2, -0.15) is 5.10 Å². The maximum absolute atomic E-state index is 12.3. The number of aromatic nitrogens is 5. The molecule has 0 saturated carbocycles. The van der Waals surface area contributed by atoms with Gasteiger partial charge in [-0.1, -0.05) is 17.7 Å². The molecule has 0 aliphatic rings. The van der Waals surface area contributed by atoms with E-state index in [9.17, 15) is 13.2 Å². The number of unbranched alkanes of at least 4 members (excludes halogenated alkanes) is 1. The minimum Gasteiger partial charge on any atom is -0.404 e. The fraction of sp³-hybridized carbons (Fsp3) is 0.348. The number of anilines is 1. The summed E-state index contributed by atoms with van der Waals surface area (Å²) in [7, 11) is 0. The predicted octanol–water partition coefficient (Wildman–Crippen LogP) is 4.69. The summed E-state index contributed by atoms with van der Waals surface area (Å²) in [6.45, 7) is 3.05. The smallest absolute Gasteiger partial charge is 0.404 e. The molecule has 9 nitrogen and oxygen atoms in total. The van der Waals surface area contributed by atoms with E-state index in [1.807, 2.05) is 16.7 Å². The first-order valence-electron chi connectivity index (χ1n) is 11.3. The van der Waals surface area contributed by atoms with Crippen molar-refractivity contribution in [3.63, 3.8) is 0 Å². The Bertz CT molecular complexity index is 1250. The largest absolute Gasteiger partial charge is 0.573 e. The van der Waals surface area contributed by atoms with Crippen LogP contribution in [0.3, 0.4) is 0 Å². The number of halogens is 4. The number of nitrogens with zero attached hydrogens (tertiary/aromatic N) is 4. The second-order valence-corrected chi connectivity index (χ2v) is 8.34. The molecule has 36 heavy (non-hydrogen) atoms. The zero-order valence-corrected chi connectivity index (χ0v) is 19.9. The topological polar surface area (TPSA) is 102 Å². The van der Waals surface area contributed by atoms with E-state index in [0.29, 0.717) is 26.3 Å². The average Bonchev–Trinajstić information content (AvgIpc) is 3.53. The lowest BCUT2D eigenvalue weighted by atomic mass is 10.2. The third-order valence-electron chi connectivity index (χ3n) is 5.27. The summed E-state index contributed by atoms with van der Waals surface area (Å²) in [6.07, 6.45) is 2.06. The zero-order chi connectivity index (χ0) is 25.4. The Hall–Kier alpha value is -3.35. The van der Waals surface area contributed by atoms with Gasteiger partial charge in [0.1, 0.15) is 18.4 Å². The molecule has 0 fully saturated rings. The number of fused-ring (bicyclic) bond motifs is 1. The Morgan fingerprint density at radius 2 is 1.86 bits per heavy atom. The summed E-state index contributed by atoms with van der Waals surface area (Å²) in [5.41, 5.74) is 3.54. The number of benzene rings is 2. The SMILES string of the molecule is FC(F)(F)Oc1ccc(CNCCCCOCCNc2cc(-n3cnnc3)cc3[nH]ncc23)cc1Cl. The first kappa shape index (κ1) is 25.7. The van der Waals surface area contributed by atoms with Crippen LogP contribution in [0.4, 0.5) is 18.9 Å². The van der Waals surface area contributed by atoms with Gasteiger partial charge in [0, 0.05) is 30.8 Å². The maximum atomic E-state index is 12.3. The quantitative estimate of drug-likeness (QED) is 0.218. The van der Waals surface area contributed by atoms with Gasteiger partial charge in [0.05, 0.1) is 29.0 Å². The van der Waals surface area contributed by atoms with Crippen LogP contribution in [0.2, 0.25) is 5.02 Å². The van der Waals surface area contributed by atoms with Gasteiger partial charge in [0.2, 0.25) is 0 Å². The summed E-state index contributed by atoms with van der Waals surface area (Å²) in [5, 5.41) is 22.4. The van der Waals surface area contributed by atoms with Gasteiger partial charge < -0.3 is 20.1 Å². The lowest BCUT2D eigenvalue weighted by molar-refractivity contribution is -0.274. The van der Waals surface area contributed by atoms with Crippen molar-refractivity contribution in [1.82, 2.24) is 30.3 Å². The first-order chi connectivity index (χ1) is 17.4. The van der Waals surface area contributed by atoms with Gasteiger partial charge in [-0.05, 0) is 49.2 Å². The molecule has 2 heterocycles. The summed E-state index contributed by atoms with van der Waals surface area (Å²) < 4.78 is 48.3. The predicted molar refractivity (Wildman–Crippen MR) is 129 cm³/mol. The Balaban J connectivity index is 1.10. The molecule has 0 atom stereocenters. The van der Waals surface area contributed by atoms with E-state index in [-0.39, 0.29) is 5.02 Å². The second kappa shape index (κ2) is 12.1. The number of hydrogen-bond acceptors (Lipinski definition) is 7. The van der Waals surface area contributed by atoms with E-state index in [0.717, 1.165) is 47.2 Å². The van der Waals surface area contributed by atoms with Crippen LogP contribution in [0.5, 0.6) is 5.75 Å². The fourth-order valence-corrected chi connectivity index (χ4v) is 3.82. The Kier molecular flexibility index (Phi) is 8.62. The first-order valence-corrected chi connectivity index (χ1v) is 11.7. The third-order valence-corrected chi connectivity index (χ3v) is 5.56. The molecule has 4 aromatic rings. The normalized spacial score (nSPS) is 11.8. The van der Waals surface area contributed by atoms with Crippen LogP contribution in [-0.4, -0.2) is 57.6 Å². The molecule has 0 saturated heterocycles. The summed E-state index contributed by atoms with van der Waals surface area (Å²) in [4.78, 5) is 0. The Morgan fingerprint density at radius 3 is 2.64 bits per heavy atom. The van der Waals surface area contributed by atoms with Crippen molar-refractivity contribution >= 4 is 28.2 Å². The molecule has 2 aromatic heterocycles. The lowest BCUT2D eigenvalue weighted by Crippen LogP contribution is -2.18. The molecule has 0 bridgehead atoms. The van der Waals surface area contributed by atoms with Crippen molar-refractivity contribution in [2.75, 3.05) is 31.6 Å². The highest BCUT2D eigenvalue weighted by Gasteiger charge is 2.32. The van der Waals surface area contributed by atoms with Crippen LogP contribution >= 0.6 is 11.6 Å². The monoisotopic (exact) mass is 523 g/mol. The van der Waals surface area contributed by atoms with Crippen molar-refractivity contribution in [1.29, 1.82) is 0 Å². The molecule has 0 spiro atoms. The average molecular weight is 524 g/mol. The van der Waals surface area contributed by atoms with Gasteiger partial charge >= 0.3 is 6.36 Å². The molecule has 3 N–H and O–H groups in total. The molecule has 0 aliphatic carbocycles. The lowest BCUT2D eigenvalue weighted by Gasteiger charge is -2.12. The van der Waals surface area contributed by atoms with Crippen LogP contribution in [-0.2, 0) is 11.3 Å². The molecule has 4 rings (SSSR count). The van der Waals surface area contributed by atoms with Crippen molar-refractivity contribution in [2.24, 2.45) is 0 Å². The van der Waals surface area contributed by atoms with Crippen molar-refractivity contribution < 1.29 is 22.6 Å². The standard InChI is InChI=1S/C23H25ClF3N7O2/c24-19-9-16(3-4-22(19)36-23(25,26)27)12-28-5-1-2-7-35-8-6-29-20-10-17(34-14-31-32-15-34)11-21-18(20)13-30-33-21/h3-4,9-11,13-15,28-29H,1-2,5-8,12H2,(H,30,33). The highest BCUT2D eigenvalue weighted by atomic mass is 35.5. The van der Waals surface area contributed by atoms with Crippen molar-refractivity contribution in [3.05, 3.63) is 59.8 Å². The van der Waals surface area contributed by atoms with E-state index in [2.05, 4.69) is 35.8 Å². The number of rotatable bonds is 13. The van der Waals surface area contributed by atoms with Gasteiger partial charge in [0.25, 0.3) is 0 Å². The zero-order valence-electron chi connectivity index (χ0n) is 19.2. The highest BCUT2D eigenvalue weighted by Crippen LogP contribution is 2.30. The van der Waals surface area contributed by atoms with E-state index < -0.39 is 12.1 Å². The molecular weight excluding hydrogens is 499 g/mol. The van der Waals surface area contributed by atoms with Gasteiger partial charge in [-0.15, -0.1) is 23.4 Å². The van der Waals surface area contributed by atoms with Crippen molar-refractivity contribution in [2.45, 2.75) is 25.7 Å². The number of H-pyrrole nitrogens is 1. The molecule has 0 radical (unpaired) electrons. The van der Waals surface area contributed by atoms with E-state index >= 15 is 0 Å². The van der Waals surface area contributed by atoms with Crippen LogP contribution in [0.15, 0.2) is 49.2 Å². The summed E-state index contributed by atoms with van der Waals surface area (Å²) in [6, 6.07) is 8.22. The maximum Gasteiger partial charge on any atom is 0.573 e. The second-order valence-electron chi connectivity index (χ2n) is 7.93. The van der Waals surface area contributed by atoms with Crippen LogP contribution in [0, 0.1) is 0 Å². The number of aromatic amines is 1. The van der Waals surface area contributed by atoms with E-state index in [4.69, 9.17) is 16.3 Å². The van der Waals surface area contributed by atoms with Gasteiger partial charge in [0.15, 0.2) is 0 Å².